The summed E-state index contributed by atoms with van der Waals surface area (Å²) in [4.78, 5) is 46.8. The summed E-state index contributed by atoms with van der Waals surface area (Å²) < 4.78 is 58.6. The molecule has 0 atom stereocenters. The van der Waals surface area contributed by atoms with Gasteiger partial charge in [0, 0.05) is 23.8 Å². The summed E-state index contributed by atoms with van der Waals surface area (Å²) in [7, 11) is 0. The minimum absolute atomic E-state index is 0.0292. The van der Waals surface area contributed by atoms with Gasteiger partial charge in [-0.1, -0.05) is 18.2 Å². The number of amides is 1. The van der Waals surface area contributed by atoms with Crippen molar-refractivity contribution >= 4 is 39.9 Å². The number of carbonyl (C=O) groups excluding carboxylic acids is 2. The van der Waals surface area contributed by atoms with Gasteiger partial charge in [-0.2, -0.15) is 13.2 Å². The van der Waals surface area contributed by atoms with Crippen molar-refractivity contribution in [2.45, 2.75) is 19.7 Å². The third-order valence-corrected chi connectivity index (χ3v) is 5.54. The number of hydrogen-bond acceptors (Lipinski definition) is 8. The number of fused-ring (bicyclic) bond motifs is 2. The lowest BCUT2D eigenvalue weighted by Gasteiger charge is -2.16. The molecular weight excluding hydrogens is 523 g/mol. The predicted octanol–water partition coefficient (Wildman–Crippen LogP) is 4.80. The van der Waals surface area contributed by atoms with E-state index in [0.29, 0.717) is 11.6 Å². The number of furan rings is 1. The number of imidazole rings is 1. The number of aromatic nitrogens is 4. The molecule has 1 amide bonds. The smallest absolute Gasteiger partial charge is 0.418 e. The Hall–Kier alpha value is -5.14. The Morgan fingerprint density at radius 3 is 2.69 bits per heavy atom. The highest BCUT2D eigenvalue weighted by Gasteiger charge is 2.35. The molecule has 0 aliphatic heterocycles. The SMILES string of the molecule is CCOC(=O)c1nc2cc(-n3ccnc3COC(=O)Nc3cc4ccccc4o3)c(C(F)(F)F)cc2[nH]c1=O. The van der Waals surface area contributed by atoms with Crippen LogP contribution < -0.4 is 10.9 Å². The van der Waals surface area contributed by atoms with Crippen molar-refractivity contribution in [1.29, 1.82) is 0 Å². The third-order valence-electron chi connectivity index (χ3n) is 5.54. The molecule has 5 rings (SSSR count). The lowest BCUT2D eigenvalue weighted by atomic mass is 10.1. The van der Waals surface area contributed by atoms with Gasteiger partial charge in [-0.3, -0.25) is 10.1 Å². The molecule has 0 aliphatic rings. The summed E-state index contributed by atoms with van der Waals surface area (Å²) >= 11 is 0. The average molecular weight is 541 g/mol. The fourth-order valence-electron chi connectivity index (χ4n) is 3.86. The summed E-state index contributed by atoms with van der Waals surface area (Å²) in [5.41, 5.74) is -2.95. The standard InChI is InChI=1S/C25H18F3N5O6/c1-2-37-23(35)21-22(34)31-15-10-14(25(26,27)28)17(11-16(15)30-21)33-8-7-29-19(33)12-38-24(36)32-20-9-13-5-3-4-6-18(13)39-20/h3-11H,2,12H2,1H3,(H,31,34)(H,32,36). The molecule has 0 spiro atoms. The number of nitrogens with zero attached hydrogens (tertiary/aromatic N) is 3. The number of hydrogen-bond donors (Lipinski definition) is 2. The molecule has 3 aromatic heterocycles. The first-order valence-electron chi connectivity index (χ1n) is 11.4. The molecule has 14 heteroatoms. The zero-order valence-electron chi connectivity index (χ0n) is 20.0. The van der Waals surface area contributed by atoms with E-state index < -0.39 is 47.3 Å². The molecule has 5 aromatic rings. The average Bonchev–Trinajstić information content (AvgIpc) is 3.52. The van der Waals surface area contributed by atoms with Gasteiger partial charge in [0.1, 0.15) is 5.58 Å². The number of esters is 1. The number of alkyl halides is 3. The van der Waals surface area contributed by atoms with Crippen molar-refractivity contribution in [3.8, 4) is 5.69 Å². The van der Waals surface area contributed by atoms with E-state index in [-0.39, 0.29) is 29.3 Å². The first-order chi connectivity index (χ1) is 18.6. The zero-order valence-corrected chi connectivity index (χ0v) is 20.0. The highest BCUT2D eigenvalue weighted by atomic mass is 19.4. The van der Waals surface area contributed by atoms with Gasteiger partial charge in [-0.15, -0.1) is 0 Å². The summed E-state index contributed by atoms with van der Waals surface area (Å²) in [6, 6.07) is 10.4. The molecule has 3 heterocycles. The maximum atomic E-state index is 14.0. The summed E-state index contributed by atoms with van der Waals surface area (Å²) in [5, 5.41) is 3.16. The maximum Gasteiger partial charge on any atom is 0.418 e. The van der Waals surface area contributed by atoms with Gasteiger partial charge in [-0.05, 0) is 25.1 Å². The van der Waals surface area contributed by atoms with E-state index in [4.69, 9.17) is 13.9 Å². The van der Waals surface area contributed by atoms with Gasteiger partial charge < -0.3 is 23.4 Å². The van der Waals surface area contributed by atoms with Crippen LogP contribution in [0.3, 0.4) is 0 Å². The van der Waals surface area contributed by atoms with Crippen molar-refractivity contribution < 1.29 is 36.7 Å². The molecular formula is C25H18F3N5O6. The number of H-pyrrole nitrogens is 1. The Labute approximate surface area is 216 Å². The van der Waals surface area contributed by atoms with Crippen LogP contribution in [-0.4, -0.2) is 38.2 Å². The van der Waals surface area contributed by atoms with Crippen LogP contribution >= 0.6 is 0 Å². The maximum absolute atomic E-state index is 14.0. The highest BCUT2D eigenvalue weighted by molar-refractivity contribution is 5.90. The summed E-state index contributed by atoms with van der Waals surface area (Å²) in [6.45, 7) is 1.00. The molecule has 39 heavy (non-hydrogen) atoms. The number of aromatic amines is 1. The molecule has 0 radical (unpaired) electrons. The second kappa shape index (κ2) is 9.96. The monoisotopic (exact) mass is 541 g/mol. The largest absolute Gasteiger partial charge is 0.461 e. The van der Waals surface area contributed by atoms with Crippen molar-refractivity contribution in [2.24, 2.45) is 0 Å². The lowest BCUT2D eigenvalue weighted by molar-refractivity contribution is -0.137. The fraction of sp³-hybridized carbons (Fsp3) is 0.160. The molecule has 2 N–H and O–H groups in total. The Bertz CT molecular complexity index is 1740. The second-order valence-corrected chi connectivity index (χ2v) is 8.08. The molecule has 0 bridgehead atoms. The van der Waals surface area contributed by atoms with Gasteiger partial charge >= 0.3 is 18.2 Å². The van der Waals surface area contributed by atoms with E-state index in [1.807, 2.05) is 0 Å². The van der Waals surface area contributed by atoms with Crippen molar-refractivity contribution in [3.63, 3.8) is 0 Å². The third kappa shape index (κ3) is 5.16. The first kappa shape index (κ1) is 25.5. The number of benzene rings is 2. The number of ether oxygens (including phenoxy) is 2. The quantitative estimate of drug-likeness (QED) is 0.292. The van der Waals surface area contributed by atoms with Crippen LogP contribution in [0.2, 0.25) is 0 Å². The van der Waals surface area contributed by atoms with Gasteiger partial charge in [0.15, 0.2) is 12.4 Å². The molecule has 0 saturated carbocycles. The zero-order chi connectivity index (χ0) is 27.7. The lowest BCUT2D eigenvalue weighted by Crippen LogP contribution is -2.22. The Kier molecular flexibility index (Phi) is 6.52. The molecule has 200 valence electrons. The molecule has 0 saturated heterocycles. The Morgan fingerprint density at radius 2 is 1.95 bits per heavy atom. The van der Waals surface area contributed by atoms with Gasteiger partial charge in [0.05, 0.1) is 28.9 Å². The van der Waals surface area contributed by atoms with E-state index >= 15 is 0 Å². The first-order valence-corrected chi connectivity index (χ1v) is 11.4. The Morgan fingerprint density at radius 1 is 1.15 bits per heavy atom. The topological polar surface area (TPSA) is 141 Å². The molecule has 11 nitrogen and oxygen atoms in total. The van der Waals surface area contributed by atoms with Gasteiger partial charge in [0.2, 0.25) is 11.6 Å². The van der Waals surface area contributed by atoms with Gasteiger partial charge in [0.25, 0.3) is 5.56 Å². The number of carbonyl (C=O) groups is 2. The second-order valence-electron chi connectivity index (χ2n) is 8.08. The number of anilines is 1. The molecule has 0 aliphatic carbocycles. The fourth-order valence-corrected chi connectivity index (χ4v) is 3.86. The van der Waals surface area contributed by atoms with Crippen LogP contribution in [0.1, 0.15) is 28.8 Å². The molecule has 2 aromatic carbocycles. The van der Waals surface area contributed by atoms with Crippen LogP contribution in [0.5, 0.6) is 0 Å². The normalized spacial score (nSPS) is 11.6. The van der Waals surface area contributed by atoms with E-state index in [1.54, 1.807) is 30.3 Å². The van der Waals surface area contributed by atoms with Crippen LogP contribution in [0.25, 0.3) is 27.7 Å². The minimum Gasteiger partial charge on any atom is -0.461 e. The summed E-state index contributed by atoms with van der Waals surface area (Å²) in [5.74, 6) is -0.945. The molecule has 0 fully saturated rings. The Balaban J connectivity index is 1.45. The van der Waals surface area contributed by atoms with Crippen LogP contribution in [-0.2, 0) is 22.3 Å². The van der Waals surface area contributed by atoms with Gasteiger partial charge in [-0.25, -0.2) is 19.6 Å². The van der Waals surface area contributed by atoms with E-state index in [2.05, 4.69) is 20.3 Å². The van der Waals surface area contributed by atoms with Crippen molar-refractivity contribution in [3.05, 3.63) is 82.3 Å². The minimum atomic E-state index is -4.85. The van der Waals surface area contributed by atoms with Crippen molar-refractivity contribution in [2.75, 3.05) is 11.9 Å². The number of rotatable bonds is 6. The van der Waals surface area contributed by atoms with E-state index in [0.717, 1.165) is 16.0 Å². The van der Waals surface area contributed by atoms with E-state index in [9.17, 15) is 27.6 Å². The van der Waals surface area contributed by atoms with E-state index in [1.165, 1.54) is 19.3 Å². The number of para-hydroxylation sites is 1. The van der Waals surface area contributed by atoms with Crippen LogP contribution in [0, 0.1) is 0 Å². The van der Waals surface area contributed by atoms with Crippen molar-refractivity contribution in [1.82, 2.24) is 19.5 Å². The highest BCUT2D eigenvalue weighted by Crippen LogP contribution is 2.36. The number of nitrogens with one attached hydrogen (secondary N) is 2. The summed E-state index contributed by atoms with van der Waals surface area (Å²) in [6.07, 6.45) is -3.30. The van der Waals surface area contributed by atoms with Crippen LogP contribution in [0.4, 0.5) is 23.8 Å². The van der Waals surface area contributed by atoms with Crippen LogP contribution in [0.15, 0.2) is 64.1 Å². The molecule has 0 unspecified atom stereocenters. The number of halogens is 3. The predicted molar refractivity (Wildman–Crippen MR) is 130 cm³/mol.